The summed E-state index contributed by atoms with van der Waals surface area (Å²) in [6, 6.07) is 0. The highest BCUT2D eigenvalue weighted by Gasteiger charge is 2.33. The van der Waals surface area contributed by atoms with E-state index in [1.54, 1.807) is 25.2 Å². The van der Waals surface area contributed by atoms with Crippen molar-refractivity contribution in [3.05, 3.63) is 58.6 Å². The number of methoxy groups -OCH3 is 3. The predicted molar refractivity (Wildman–Crippen MR) is 149 cm³/mol. The van der Waals surface area contributed by atoms with Crippen molar-refractivity contribution in [2.45, 2.75) is 65.3 Å². The van der Waals surface area contributed by atoms with Crippen molar-refractivity contribution in [3.8, 4) is 0 Å². The van der Waals surface area contributed by atoms with E-state index in [1.807, 2.05) is 26.8 Å². The lowest BCUT2D eigenvalue weighted by atomic mass is 9.84. The number of fused-ring (bicyclic) bond motifs is 2. The Bertz CT molecular complexity index is 1150. The van der Waals surface area contributed by atoms with Crippen molar-refractivity contribution in [1.82, 2.24) is 5.32 Å². The first-order valence-electron chi connectivity index (χ1n) is 13.3. The van der Waals surface area contributed by atoms with Gasteiger partial charge in [0.1, 0.15) is 0 Å². The van der Waals surface area contributed by atoms with Gasteiger partial charge in [-0.2, -0.15) is 0 Å². The van der Waals surface area contributed by atoms with E-state index in [0.29, 0.717) is 6.42 Å². The molecule has 0 spiro atoms. The summed E-state index contributed by atoms with van der Waals surface area (Å²) in [5.41, 5.74) is 6.64. The lowest BCUT2D eigenvalue weighted by molar-refractivity contribution is -0.121. The van der Waals surface area contributed by atoms with Crippen LogP contribution < -0.4 is 11.1 Å². The fourth-order valence-electron chi connectivity index (χ4n) is 5.09. The molecule has 1 aliphatic carbocycles. The summed E-state index contributed by atoms with van der Waals surface area (Å²) >= 11 is 0. The number of primary amides is 1. The Morgan fingerprint density at radius 3 is 2.38 bits per heavy atom. The van der Waals surface area contributed by atoms with E-state index in [9.17, 15) is 24.3 Å². The van der Waals surface area contributed by atoms with Gasteiger partial charge in [-0.15, -0.1) is 0 Å². The van der Waals surface area contributed by atoms with Crippen LogP contribution in [0, 0.1) is 17.8 Å². The van der Waals surface area contributed by atoms with Crippen LogP contribution >= 0.6 is 0 Å². The lowest BCUT2D eigenvalue weighted by Gasteiger charge is -2.30. The van der Waals surface area contributed by atoms with E-state index in [-0.39, 0.29) is 47.3 Å². The minimum atomic E-state index is -0.907. The number of rotatable bonds is 5. The van der Waals surface area contributed by atoms with Crippen LogP contribution in [0.2, 0.25) is 0 Å². The normalized spacial score (nSPS) is 32.8. The van der Waals surface area contributed by atoms with Gasteiger partial charge in [0, 0.05) is 49.7 Å². The van der Waals surface area contributed by atoms with E-state index < -0.39 is 47.6 Å². The fourth-order valence-corrected chi connectivity index (χ4v) is 5.09. The molecule has 2 bridgehead atoms. The summed E-state index contributed by atoms with van der Waals surface area (Å²) in [6.07, 6.45) is 6.32. The molecular formula is C30H42N2O8. The maximum Gasteiger partial charge on any atom is 0.251 e. The van der Waals surface area contributed by atoms with Crippen molar-refractivity contribution < 1.29 is 38.5 Å². The average Bonchev–Trinajstić information content (AvgIpc) is 2.90. The number of ketones is 2. The fraction of sp³-hybridized carbons (Fsp3) is 0.533. The van der Waals surface area contributed by atoms with E-state index in [2.05, 4.69) is 5.32 Å². The third-order valence-electron chi connectivity index (χ3n) is 7.36. The molecule has 0 aromatic heterocycles. The molecule has 0 aromatic carbocycles. The Hall–Kier alpha value is -3.34. The second-order valence-corrected chi connectivity index (χ2v) is 10.5. The Morgan fingerprint density at radius 1 is 1.12 bits per heavy atom. The van der Waals surface area contributed by atoms with E-state index in [1.165, 1.54) is 21.3 Å². The minimum absolute atomic E-state index is 0.0170. The minimum Gasteiger partial charge on any atom is -0.492 e. The number of ether oxygens (including phenoxy) is 3. The Labute approximate surface area is 236 Å². The Balaban J connectivity index is 2.60. The molecule has 2 aliphatic rings. The van der Waals surface area contributed by atoms with Crippen LogP contribution in [0.5, 0.6) is 0 Å². The van der Waals surface area contributed by atoms with Crippen molar-refractivity contribution in [3.63, 3.8) is 0 Å². The number of carbonyl (C=O) groups excluding carboxylic acids is 4. The van der Waals surface area contributed by atoms with Crippen molar-refractivity contribution in [1.29, 1.82) is 0 Å². The maximum absolute atomic E-state index is 13.3. The summed E-state index contributed by atoms with van der Waals surface area (Å²) in [6.45, 7) is 7.15. The second-order valence-electron chi connectivity index (χ2n) is 10.5. The molecule has 1 aliphatic heterocycles. The third-order valence-corrected chi connectivity index (χ3v) is 7.36. The van der Waals surface area contributed by atoms with Crippen molar-refractivity contribution >= 4 is 23.4 Å². The van der Waals surface area contributed by atoms with Gasteiger partial charge in [0.25, 0.3) is 5.91 Å². The first kappa shape index (κ1) is 32.9. The molecule has 10 nitrogen and oxygen atoms in total. The monoisotopic (exact) mass is 558 g/mol. The summed E-state index contributed by atoms with van der Waals surface area (Å²) < 4.78 is 16.6. The van der Waals surface area contributed by atoms with Crippen molar-refractivity contribution in [2.24, 2.45) is 23.5 Å². The quantitative estimate of drug-likeness (QED) is 0.343. The van der Waals surface area contributed by atoms with Crippen LogP contribution in [0.1, 0.15) is 47.0 Å². The number of aliphatic hydroxyl groups is 1. The number of amides is 2. The van der Waals surface area contributed by atoms with Crippen LogP contribution in [0.25, 0.3) is 0 Å². The number of Topliss-reactive ketones (excluding diaryl/α,β-unsaturated/α-hetero) is 1. The molecular weight excluding hydrogens is 516 g/mol. The number of hydrogen-bond acceptors (Lipinski definition) is 8. The topological polar surface area (TPSA) is 154 Å². The summed E-state index contributed by atoms with van der Waals surface area (Å²) in [5.74, 6) is -3.12. The van der Waals surface area contributed by atoms with Gasteiger partial charge in [-0.1, -0.05) is 43.7 Å². The number of nitrogens with one attached hydrogen (secondary N) is 1. The van der Waals surface area contributed by atoms with Gasteiger partial charge in [0.2, 0.25) is 17.5 Å². The van der Waals surface area contributed by atoms with E-state index in [4.69, 9.17) is 19.9 Å². The van der Waals surface area contributed by atoms with Gasteiger partial charge in [-0.25, -0.2) is 0 Å². The van der Waals surface area contributed by atoms with Gasteiger partial charge < -0.3 is 30.4 Å². The van der Waals surface area contributed by atoms with Crippen LogP contribution in [0.3, 0.4) is 0 Å². The van der Waals surface area contributed by atoms with Gasteiger partial charge in [0.15, 0.2) is 5.76 Å². The molecule has 0 radical (unpaired) electrons. The molecule has 0 unspecified atom stereocenters. The molecule has 0 saturated carbocycles. The Kier molecular flexibility index (Phi) is 12.2. The zero-order valence-corrected chi connectivity index (χ0v) is 24.4. The van der Waals surface area contributed by atoms with Crippen LogP contribution in [-0.4, -0.2) is 68.1 Å². The molecule has 0 aromatic rings. The number of carbonyl (C=O) groups is 4. The van der Waals surface area contributed by atoms with Crippen LogP contribution in [-0.2, 0) is 33.4 Å². The van der Waals surface area contributed by atoms with Gasteiger partial charge >= 0.3 is 0 Å². The zero-order chi connectivity index (χ0) is 30.1. The molecule has 10 heteroatoms. The van der Waals surface area contributed by atoms with Crippen molar-refractivity contribution in [2.75, 3.05) is 21.3 Å². The smallest absolute Gasteiger partial charge is 0.251 e. The standard InChI is InChI=1S/C30H42N2O8/c1-16-11-21-28(36)22(15-23(33)29(21)40-7)32-30(37)17(2)9-8-10-24(38-5)20(14-26(31)34)18(3)13-19(4)27(35)25(12-16)39-6/h8-10,13,15-16,19-20,24-25,27,35H,11-12,14H2,1-7H3,(H2,31,34)(H,32,37)/b10-8-,17-9-,18-13-/t16-,19+,20+,24+,25+,27-/m1/s1. The molecule has 2 rings (SSSR count). The SMILES string of the molecule is COC1=C2C[C@@H](C)C[C@H](OC)[C@H](O)[C@@H](C)/C=C(/C)[C@H](CC(N)=O)[C@@H](OC)/C=C\C=C(\C)C(=O)NC(=CC1=O)C2=O. The number of aliphatic hydroxyl groups excluding tert-OH is 1. The summed E-state index contributed by atoms with van der Waals surface area (Å²) in [4.78, 5) is 50.9. The Morgan fingerprint density at radius 2 is 1.80 bits per heavy atom. The molecule has 2 amide bonds. The average molecular weight is 559 g/mol. The van der Waals surface area contributed by atoms with Crippen LogP contribution in [0.4, 0.5) is 0 Å². The third kappa shape index (κ3) is 8.33. The molecule has 40 heavy (non-hydrogen) atoms. The van der Waals surface area contributed by atoms with E-state index in [0.717, 1.165) is 11.6 Å². The second kappa shape index (κ2) is 14.9. The van der Waals surface area contributed by atoms with Crippen LogP contribution in [0.15, 0.2) is 58.6 Å². The predicted octanol–water partition coefficient (Wildman–Crippen LogP) is 2.44. The van der Waals surface area contributed by atoms with E-state index >= 15 is 0 Å². The summed E-state index contributed by atoms with van der Waals surface area (Å²) in [5, 5.41) is 13.7. The van der Waals surface area contributed by atoms with Gasteiger partial charge in [-0.05, 0) is 32.6 Å². The maximum atomic E-state index is 13.3. The first-order chi connectivity index (χ1) is 18.8. The zero-order valence-electron chi connectivity index (χ0n) is 24.4. The highest BCUT2D eigenvalue weighted by molar-refractivity contribution is 6.23. The lowest BCUT2D eigenvalue weighted by Crippen LogP contribution is -2.36. The molecule has 220 valence electrons. The molecule has 0 saturated heterocycles. The van der Waals surface area contributed by atoms with Gasteiger partial charge in [0.05, 0.1) is 31.1 Å². The van der Waals surface area contributed by atoms with Gasteiger partial charge in [-0.3, -0.25) is 19.2 Å². The highest BCUT2D eigenvalue weighted by Crippen LogP contribution is 2.30. The molecule has 0 fully saturated rings. The summed E-state index contributed by atoms with van der Waals surface area (Å²) in [7, 11) is 4.33. The first-order valence-corrected chi connectivity index (χ1v) is 13.3. The molecule has 6 atom stereocenters. The molecule has 4 N–H and O–H groups in total. The number of nitrogens with two attached hydrogens (primary N) is 1. The number of hydrogen-bond donors (Lipinski definition) is 3. The number of allylic oxidation sites excluding steroid dienone is 4. The highest BCUT2D eigenvalue weighted by atomic mass is 16.5. The largest absolute Gasteiger partial charge is 0.492 e. The molecule has 1 heterocycles.